The smallest absolute Gasteiger partial charge is 0.339 e. The van der Waals surface area contributed by atoms with Crippen LogP contribution in [0.5, 0.6) is 0 Å². The maximum absolute atomic E-state index is 11.0. The second-order valence-corrected chi connectivity index (χ2v) is 3.88. The lowest BCUT2D eigenvalue weighted by Gasteiger charge is -2.10. The summed E-state index contributed by atoms with van der Waals surface area (Å²) < 4.78 is 4.98. The molecule has 0 radical (unpaired) electrons. The van der Waals surface area contributed by atoms with Gasteiger partial charge in [-0.05, 0) is 12.1 Å². The van der Waals surface area contributed by atoms with Gasteiger partial charge in [0.2, 0.25) is 0 Å². The number of rotatable bonds is 2. The van der Waals surface area contributed by atoms with E-state index in [1.165, 1.54) is 7.11 Å². The number of hydrogen-bond acceptors (Lipinski definition) is 3. The van der Waals surface area contributed by atoms with Crippen molar-refractivity contribution in [3.8, 4) is 0 Å². The molecule has 5 heteroatoms. The third-order valence-electron chi connectivity index (χ3n) is 1.68. The number of aliphatic hydroxyl groups excluding tert-OH is 1. The van der Waals surface area contributed by atoms with Gasteiger partial charge in [0.25, 0.3) is 0 Å². The second-order valence-electron chi connectivity index (χ2n) is 2.59. The lowest BCUT2D eigenvalue weighted by molar-refractivity contribution is -0.150. The van der Waals surface area contributed by atoms with Crippen molar-refractivity contribution < 1.29 is 14.6 Å². The van der Waals surface area contributed by atoms with Crippen LogP contribution in [0.2, 0.25) is 5.02 Å². The second kappa shape index (κ2) is 4.77. The van der Waals surface area contributed by atoms with Crippen LogP contribution < -0.4 is 0 Å². The highest BCUT2D eigenvalue weighted by Gasteiger charge is 2.20. The minimum absolute atomic E-state index is 0.432. The topological polar surface area (TPSA) is 46.5 Å². The predicted molar refractivity (Wildman–Crippen MR) is 56.1 cm³/mol. The summed E-state index contributed by atoms with van der Waals surface area (Å²) in [4.78, 5) is 11.0. The fraction of sp³-hybridized carbons (Fsp3) is 0.222. The van der Waals surface area contributed by atoms with Crippen molar-refractivity contribution in [2.45, 2.75) is 6.10 Å². The van der Waals surface area contributed by atoms with E-state index in [1.54, 1.807) is 18.2 Å². The van der Waals surface area contributed by atoms with Gasteiger partial charge in [-0.25, -0.2) is 4.79 Å². The van der Waals surface area contributed by atoms with E-state index in [0.717, 1.165) is 0 Å². The first-order valence-electron chi connectivity index (χ1n) is 3.77. The number of halogens is 2. The van der Waals surface area contributed by atoms with Crippen LogP contribution >= 0.6 is 27.5 Å². The van der Waals surface area contributed by atoms with Gasteiger partial charge in [-0.3, -0.25) is 0 Å². The van der Waals surface area contributed by atoms with Crippen molar-refractivity contribution in [1.29, 1.82) is 0 Å². The van der Waals surface area contributed by atoms with Crippen LogP contribution in [0.1, 0.15) is 11.7 Å². The standard InChI is InChI=1S/C9H8BrClO3/c1-14-9(13)8(12)6-3-2-5(11)4-7(6)10/h2-4,8,12H,1H3/t8-/m1/s1. The highest BCUT2D eigenvalue weighted by molar-refractivity contribution is 9.10. The van der Waals surface area contributed by atoms with Crippen LogP contribution in [0, 0.1) is 0 Å². The molecule has 0 bridgehead atoms. The molecule has 1 aromatic carbocycles. The van der Waals surface area contributed by atoms with Crippen molar-refractivity contribution in [3.63, 3.8) is 0 Å². The average Bonchev–Trinajstić information content (AvgIpc) is 2.15. The summed E-state index contributed by atoms with van der Waals surface area (Å²) in [7, 11) is 1.22. The first kappa shape index (κ1) is 11.5. The number of carbonyl (C=O) groups is 1. The number of benzene rings is 1. The molecule has 0 fully saturated rings. The zero-order valence-electron chi connectivity index (χ0n) is 7.33. The van der Waals surface area contributed by atoms with Gasteiger partial charge in [0.05, 0.1) is 7.11 Å². The van der Waals surface area contributed by atoms with Crippen LogP contribution in [0.3, 0.4) is 0 Å². The molecule has 1 atom stereocenters. The number of carbonyl (C=O) groups excluding carboxylic acids is 1. The highest BCUT2D eigenvalue weighted by atomic mass is 79.9. The number of esters is 1. The van der Waals surface area contributed by atoms with Gasteiger partial charge in [-0.15, -0.1) is 0 Å². The van der Waals surface area contributed by atoms with E-state index in [-0.39, 0.29) is 0 Å². The Bertz CT molecular complexity index is 354. The Labute approximate surface area is 94.8 Å². The van der Waals surface area contributed by atoms with Crippen molar-refractivity contribution >= 4 is 33.5 Å². The number of aliphatic hydroxyl groups is 1. The molecule has 0 aliphatic heterocycles. The van der Waals surface area contributed by atoms with Crippen LogP contribution in [0.4, 0.5) is 0 Å². The van der Waals surface area contributed by atoms with E-state index in [1.807, 2.05) is 0 Å². The first-order chi connectivity index (χ1) is 6.56. The van der Waals surface area contributed by atoms with Crippen LogP contribution in [0.25, 0.3) is 0 Å². The van der Waals surface area contributed by atoms with Crippen molar-refractivity contribution in [2.75, 3.05) is 7.11 Å². The molecule has 76 valence electrons. The normalized spacial score (nSPS) is 12.3. The molecule has 0 saturated carbocycles. The molecule has 0 unspecified atom stereocenters. The van der Waals surface area contributed by atoms with E-state index < -0.39 is 12.1 Å². The van der Waals surface area contributed by atoms with Gasteiger partial charge < -0.3 is 9.84 Å². The van der Waals surface area contributed by atoms with Crippen LogP contribution in [-0.4, -0.2) is 18.2 Å². The molecule has 0 amide bonds. The lowest BCUT2D eigenvalue weighted by atomic mass is 10.1. The van der Waals surface area contributed by atoms with E-state index >= 15 is 0 Å². The van der Waals surface area contributed by atoms with Crippen molar-refractivity contribution in [1.82, 2.24) is 0 Å². The number of hydrogen-bond donors (Lipinski definition) is 1. The zero-order valence-corrected chi connectivity index (χ0v) is 9.67. The SMILES string of the molecule is COC(=O)[C@H](O)c1ccc(Cl)cc1Br. The molecule has 0 spiro atoms. The van der Waals surface area contributed by atoms with Crippen molar-refractivity contribution in [2.24, 2.45) is 0 Å². The molecule has 3 nitrogen and oxygen atoms in total. The maximum Gasteiger partial charge on any atom is 0.339 e. The predicted octanol–water partition coefficient (Wildman–Crippen LogP) is 2.31. The Morgan fingerprint density at radius 2 is 2.29 bits per heavy atom. The fourth-order valence-corrected chi connectivity index (χ4v) is 1.86. The number of methoxy groups -OCH3 is 1. The highest BCUT2D eigenvalue weighted by Crippen LogP contribution is 2.27. The molecular formula is C9H8BrClO3. The minimum Gasteiger partial charge on any atom is -0.467 e. The number of ether oxygens (including phenoxy) is 1. The zero-order chi connectivity index (χ0) is 10.7. The third-order valence-corrected chi connectivity index (χ3v) is 2.60. The third kappa shape index (κ3) is 2.47. The molecule has 14 heavy (non-hydrogen) atoms. The molecule has 1 N–H and O–H groups in total. The van der Waals surface area contributed by atoms with Gasteiger partial charge in [-0.2, -0.15) is 0 Å². The summed E-state index contributed by atoms with van der Waals surface area (Å²) in [5, 5.41) is 10.0. The molecule has 0 heterocycles. The summed E-state index contributed by atoms with van der Waals surface area (Å²) in [5.74, 6) is -0.701. The minimum atomic E-state index is -1.29. The van der Waals surface area contributed by atoms with E-state index in [0.29, 0.717) is 15.1 Å². The van der Waals surface area contributed by atoms with Gasteiger partial charge in [0.15, 0.2) is 6.10 Å². The summed E-state index contributed by atoms with van der Waals surface area (Å²) in [6.45, 7) is 0. The molecule has 1 rings (SSSR count). The fourth-order valence-electron chi connectivity index (χ4n) is 0.962. The monoisotopic (exact) mass is 278 g/mol. The maximum atomic E-state index is 11.0. The van der Waals surface area contributed by atoms with Gasteiger partial charge in [0, 0.05) is 15.1 Å². The van der Waals surface area contributed by atoms with E-state index in [2.05, 4.69) is 20.7 Å². The summed E-state index contributed by atoms with van der Waals surface area (Å²) in [5.41, 5.74) is 0.432. The summed E-state index contributed by atoms with van der Waals surface area (Å²) >= 11 is 8.90. The summed E-state index contributed by atoms with van der Waals surface area (Å²) in [6, 6.07) is 4.75. The van der Waals surface area contributed by atoms with E-state index in [4.69, 9.17) is 11.6 Å². The van der Waals surface area contributed by atoms with Crippen LogP contribution in [-0.2, 0) is 9.53 Å². The first-order valence-corrected chi connectivity index (χ1v) is 4.94. The molecule has 1 aromatic rings. The molecule has 0 aliphatic rings. The Kier molecular flexibility index (Phi) is 3.92. The van der Waals surface area contributed by atoms with Gasteiger partial charge in [0.1, 0.15) is 0 Å². The Morgan fingerprint density at radius 3 is 2.79 bits per heavy atom. The van der Waals surface area contributed by atoms with E-state index in [9.17, 15) is 9.90 Å². The van der Waals surface area contributed by atoms with Gasteiger partial charge in [-0.1, -0.05) is 33.6 Å². The Morgan fingerprint density at radius 1 is 1.64 bits per heavy atom. The molecular weight excluding hydrogens is 271 g/mol. The summed E-state index contributed by atoms with van der Waals surface area (Å²) in [6.07, 6.45) is -1.29. The molecule has 0 aliphatic carbocycles. The molecule has 0 saturated heterocycles. The largest absolute Gasteiger partial charge is 0.467 e. The average molecular weight is 280 g/mol. The quantitative estimate of drug-likeness (QED) is 0.845. The van der Waals surface area contributed by atoms with Gasteiger partial charge >= 0.3 is 5.97 Å². The Balaban J connectivity index is 3.01. The van der Waals surface area contributed by atoms with Crippen molar-refractivity contribution in [3.05, 3.63) is 33.3 Å². The Hall–Kier alpha value is -0.580. The lowest BCUT2D eigenvalue weighted by Crippen LogP contribution is -2.13. The molecule has 0 aromatic heterocycles. The van der Waals surface area contributed by atoms with Crippen LogP contribution in [0.15, 0.2) is 22.7 Å².